The summed E-state index contributed by atoms with van der Waals surface area (Å²) in [6, 6.07) is 129. The van der Waals surface area contributed by atoms with Gasteiger partial charge in [0.2, 0.25) is 0 Å². The largest absolute Gasteiger partial charge is 0.489 e. The van der Waals surface area contributed by atoms with Crippen LogP contribution in [0.3, 0.4) is 0 Å². The van der Waals surface area contributed by atoms with Gasteiger partial charge in [0.25, 0.3) is 0 Å². The van der Waals surface area contributed by atoms with Crippen LogP contribution in [0.1, 0.15) is 0 Å². The quantitative estimate of drug-likeness (QED) is 0.0529. The van der Waals surface area contributed by atoms with E-state index in [-0.39, 0.29) is 0 Å². The Morgan fingerprint density at radius 2 is 0.500 bits per heavy atom. The first kappa shape index (κ1) is 75.0. The number of para-hydroxylation sites is 3. The molecule has 0 saturated carbocycles. The maximum Gasteiger partial charge on any atom is 0.489 e. The van der Waals surface area contributed by atoms with Crippen LogP contribution in [0.4, 0.5) is 0 Å². The zero-order valence-electron chi connectivity index (χ0n) is 64.5. The van der Waals surface area contributed by atoms with Gasteiger partial charge in [0.1, 0.15) is 0 Å². The van der Waals surface area contributed by atoms with Crippen LogP contribution in [0.15, 0.2) is 401 Å². The molecule has 0 fully saturated rings. The van der Waals surface area contributed by atoms with Crippen molar-refractivity contribution in [2.75, 3.05) is 0 Å². The summed E-state index contributed by atoms with van der Waals surface area (Å²) < 4.78 is 6.50. The van der Waals surface area contributed by atoms with Gasteiger partial charge in [0, 0.05) is 89.6 Å². The van der Waals surface area contributed by atoms with Gasteiger partial charge in [-0.25, -0.2) is 19.9 Å². The maximum atomic E-state index is 10.1. The Balaban J connectivity index is 0.000000119. The summed E-state index contributed by atoms with van der Waals surface area (Å²) in [5, 5.41) is 66.1. The molecule has 8 heterocycles. The summed E-state index contributed by atoms with van der Waals surface area (Å²) in [6.07, 6.45) is 3.54. The minimum atomic E-state index is -1.57. The Morgan fingerprint density at radius 3 is 0.892 bits per heavy atom. The van der Waals surface area contributed by atoms with Crippen LogP contribution in [-0.4, -0.2) is 95.1 Å². The minimum Gasteiger partial charge on any atom is -0.423 e. The molecule has 15 nitrogen and oxygen atoms in total. The Labute approximate surface area is 691 Å². The fraction of sp³-hybridized carbons (Fsp3) is 0. The lowest BCUT2D eigenvalue weighted by molar-refractivity contribution is 0.425. The molecule has 0 unspecified atom stereocenters. The van der Waals surface area contributed by atoms with Gasteiger partial charge in [-0.3, -0.25) is 9.97 Å². The van der Waals surface area contributed by atoms with Crippen molar-refractivity contribution in [2.24, 2.45) is 0 Å². The second-order valence-corrected chi connectivity index (χ2v) is 29.2. The lowest BCUT2D eigenvalue weighted by Gasteiger charge is -2.13. The summed E-state index contributed by atoms with van der Waals surface area (Å²) >= 11 is 0. The standard InChI is InChI=1S/C35H25BN2O2.C34H24BN3O2.C33H23BN4O2/c39-36(40)30-18-10-20-34-35(30)29-17-7-8-19-33(29)38(34)28-16-9-15-26(21-28)27-22-31(24-11-3-1-4-12-24)37-32(23-27)25-13-5-2-6-14-25;39-35(40)28-18-10-20-32-33(28)27-17-7-8-19-31(27)38(32)26-16-9-15-25(21-26)34-36-29(23-11-3-1-4-12-23)22-30(37-34)24-13-5-2-6-14-24;39-34(40)26-9-7-13-32-33(26)25-8-1-2-12-31(25)38(32)24-16-14-22(15-17-24)23-20-29(27-10-3-5-18-35-27)37-30(21-23)28-11-4-6-19-36-28/h1-23,39-40H;1-22,39-40H;1-21,39-40H. The van der Waals surface area contributed by atoms with Crippen LogP contribution >= 0.6 is 0 Å². The van der Waals surface area contributed by atoms with Gasteiger partial charge >= 0.3 is 21.4 Å². The highest BCUT2D eigenvalue weighted by atomic mass is 16.4. The summed E-state index contributed by atoms with van der Waals surface area (Å²) in [5.41, 5.74) is 26.0. The van der Waals surface area contributed by atoms with E-state index in [4.69, 9.17) is 19.9 Å². The Hall–Kier alpha value is -15.1. The average molecular weight is 1550 g/mol. The number of aromatic nitrogens is 9. The smallest absolute Gasteiger partial charge is 0.423 e. The summed E-state index contributed by atoms with van der Waals surface area (Å²) in [6.45, 7) is 0. The highest BCUT2D eigenvalue weighted by molar-refractivity contribution is 6.64. The summed E-state index contributed by atoms with van der Waals surface area (Å²) in [5.74, 6) is 0.634. The number of hydrogen-bond donors (Lipinski definition) is 6. The fourth-order valence-electron chi connectivity index (χ4n) is 16.3. The minimum absolute atomic E-state index is 0.481. The van der Waals surface area contributed by atoms with E-state index < -0.39 is 21.4 Å². The van der Waals surface area contributed by atoms with Crippen LogP contribution in [0.5, 0.6) is 0 Å². The molecule has 0 atom stereocenters. The monoisotopic (exact) mass is 1550 g/mol. The predicted octanol–water partition coefficient (Wildman–Crippen LogP) is 18.8. The number of pyridine rings is 4. The third-order valence-corrected chi connectivity index (χ3v) is 21.8. The number of hydrogen-bond acceptors (Lipinski definition) is 12. The third-order valence-electron chi connectivity index (χ3n) is 21.8. The second-order valence-electron chi connectivity index (χ2n) is 29.2. The van der Waals surface area contributed by atoms with Crippen LogP contribution < -0.4 is 16.4 Å². The molecule has 0 saturated heterocycles. The van der Waals surface area contributed by atoms with E-state index in [0.29, 0.717) is 22.2 Å². The zero-order valence-corrected chi connectivity index (χ0v) is 64.5. The Morgan fingerprint density at radius 1 is 0.192 bits per heavy atom. The van der Waals surface area contributed by atoms with Crippen molar-refractivity contribution in [3.05, 3.63) is 401 Å². The molecule has 21 aromatic rings. The molecule has 0 aliphatic rings. The van der Waals surface area contributed by atoms with Crippen LogP contribution in [0, 0.1) is 0 Å². The van der Waals surface area contributed by atoms with Gasteiger partial charge in [0.05, 0.1) is 78.7 Å². The van der Waals surface area contributed by atoms with Crippen molar-refractivity contribution >= 4 is 103 Å². The molecule has 6 N–H and O–H groups in total. The molecular formula is C102H72B3N9O6. The molecule has 570 valence electrons. The summed E-state index contributed by atoms with van der Waals surface area (Å²) in [4.78, 5) is 28.9. The van der Waals surface area contributed by atoms with Gasteiger partial charge in [-0.05, 0) is 166 Å². The van der Waals surface area contributed by atoms with E-state index >= 15 is 0 Å². The van der Waals surface area contributed by atoms with E-state index in [1.54, 1.807) is 30.6 Å². The van der Waals surface area contributed by atoms with Crippen molar-refractivity contribution in [3.63, 3.8) is 0 Å². The first-order valence-corrected chi connectivity index (χ1v) is 39.5. The van der Waals surface area contributed by atoms with E-state index in [1.807, 2.05) is 218 Å². The molecule has 0 bridgehead atoms. The molecule has 13 aromatic carbocycles. The topological polar surface area (TPSA) is 214 Å². The van der Waals surface area contributed by atoms with Crippen molar-refractivity contribution < 1.29 is 30.1 Å². The Kier molecular flexibility index (Phi) is 20.5. The third kappa shape index (κ3) is 14.7. The van der Waals surface area contributed by atoms with Gasteiger partial charge in [-0.15, -0.1) is 0 Å². The molecule has 0 spiro atoms. The van der Waals surface area contributed by atoms with Gasteiger partial charge in [-0.2, -0.15) is 0 Å². The highest BCUT2D eigenvalue weighted by Crippen LogP contribution is 2.40. The Bertz CT molecular complexity index is 6860. The molecular weight excluding hydrogens is 1480 g/mol. The van der Waals surface area contributed by atoms with E-state index in [9.17, 15) is 30.1 Å². The molecule has 0 radical (unpaired) electrons. The summed E-state index contributed by atoms with van der Waals surface area (Å²) in [7, 11) is -4.68. The molecule has 120 heavy (non-hydrogen) atoms. The first-order valence-electron chi connectivity index (χ1n) is 39.5. The lowest BCUT2D eigenvalue weighted by atomic mass is 9.77. The van der Waals surface area contributed by atoms with Crippen LogP contribution in [0.2, 0.25) is 0 Å². The normalized spacial score (nSPS) is 11.2. The van der Waals surface area contributed by atoms with Crippen LogP contribution in [0.25, 0.3) is 184 Å². The van der Waals surface area contributed by atoms with Crippen molar-refractivity contribution in [3.8, 4) is 119 Å². The van der Waals surface area contributed by atoms with Gasteiger partial charge in [-0.1, -0.05) is 261 Å². The number of rotatable bonds is 15. The molecule has 0 aliphatic carbocycles. The van der Waals surface area contributed by atoms with Gasteiger partial charge in [0.15, 0.2) is 5.82 Å². The lowest BCUT2D eigenvalue weighted by Crippen LogP contribution is -2.30. The van der Waals surface area contributed by atoms with Crippen LogP contribution in [-0.2, 0) is 0 Å². The van der Waals surface area contributed by atoms with Crippen molar-refractivity contribution in [2.45, 2.75) is 0 Å². The molecule has 0 aliphatic heterocycles. The van der Waals surface area contributed by atoms with Crippen molar-refractivity contribution in [1.82, 2.24) is 43.6 Å². The maximum absolute atomic E-state index is 10.1. The van der Waals surface area contributed by atoms with E-state index in [2.05, 4.69) is 175 Å². The van der Waals surface area contributed by atoms with E-state index in [1.165, 1.54) is 0 Å². The molecule has 0 amide bonds. The predicted molar refractivity (Wildman–Crippen MR) is 488 cm³/mol. The highest BCUT2D eigenvalue weighted by Gasteiger charge is 2.26. The molecule has 18 heteroatoms. The average Bonchev–Trinajstić information content (AvgIpc) is 1.59. The van der Waals surface area contributed by atoms with E-state index in [0.717, 1.165) is 178 Å². The number of benzene rings is 13. The van der Waals surface area contributed by atoms with Gasteiger partial charge < -0.3 is 43.8 Å². The number of fused-ring (bicyclic) bond motifs is 9. The number of nitrogens with zero attached hydrogens (tertiary/aromatic N) is 9. The molecule has 8 aromatic heterocycles. The SMILES string of the molecule is OB(O)c1cccc2c1c1ccccc1n2-c1ccc(-c2cc(-c3ccccn3)nc(-c3ccccn3)c2)cc1.OB(O)c1cccc2c1c1ccccc1n2-c1cccc(-c2cc(-c3ccccc3)nc(-c3ccccc3)c2)c1.OB(O)c1cccc2c1c1ccccc1n2-c1cccc(-c2nc(-c3ccccc3)cc(-c3ccccc3)n2)c1. The second kappa shape index (κ2) is 32.9. The molecule has 21 rings (SSSR count). The van der Waals surface area contributed by atoms with Crippen molar-refractivity contribution in [1.29, 1.82) is 0 Å². The zero-order chi connectivity index (χ0) is 81.2. The fourth-order valence-corrected chi connectivity index (χ4v) is 16.3. The first-order chi connectivity index (χ1) is 59.0.